The van der Waals surface area contributed by atoms with Gasteiger partial charge in [-0.05, 0) is 6.08 Å². The van der Waals surface area contributed by atoms with Crippen molar-refractivity contribution in [1.29, 1.82) is 0 Å². The smallest absolute Gasteiger partial charge is 0.115 e. The molecule has 0 radical (unpaired) electrons. The highest BCUT2D eigenvalue weighted by Crippen LogP contribution is 2.03. The molecule has 0 atom stereocenters. The third kappa shape index (κ3) is 3.41. The van der Waals surface area contributed by atoms with Crippen molar-refractivity contribution in [2.24, 2.45) is 0 Å². The Kier molecular flexibility index (Phi) is 4.26. The van der Waals surface area contributed by atoms with E-state index in [1.165, 1.54) is 0 Å². The average Bonchev–Trinajstić information content (AvgIpc) is 2.81. The van der Waals surface area contributed by atoms with Crippen molar-refractivity contribution < 1.29 is 0 Å². The zero-order chi connectivity index (χ0) is 8.65. The van der Waals surface area contributed by atoms with Gasteiger partial charge in [-0.1, -0.05) is 6.58 Å². The van der Waals surface area contributed by atoms with Gasteiger partial charge in [0.2, 0.25) is 0 Å². The number of aromatic nitrogens is 2. The maximum atomic E-state index is 3.94. The second kappa shape index (κ2) is 5.62. The first-order chi connectivity index (χ1) is 5.93. The summed E-state index contributed by atoms with van der Waals surface area (Å²) < 4.78 is 0. The molecule has 4 heteroatoms. The summed E-state index contributed by atoms with van der Waals surface area (Å²) >= 11 is 3.20. The largest absolute Gasteiger partial charge is 0.253 e. The van der Waals surface area contributed by atoms with Gasteiger partial charge < -0.3 is 0 Å². The average molecular weight is 196 g/mol. The summed E-state index contributed by atoms with van der Waals surface area (Å²) in [6.45, 7) is 3.55. The van der Waals surface area contributed by atoms with Crippen LogP contribution in [0.25, 0.3) is 6.08 Å². The fourth-order valence-corrected chi connectivity index (χ4v) is 1.34. The minimum Gasteiger partial charge on any atom is -0.253 e. The van der Waals surface area contributed by atoms with Gasteiger partial charge in [0, 0.05) is 23.2 Å². The van der Waals surface area contributed by atoms with Crippen LogP contribution in [0.15, 0.2) is 35.2 Å². The monoisotopic (exact) mass is 196 g/mol. The van der Waals surface area contributed by atoms with Gasteiger partial charge in [0.25, 0.3) is 0 Å². The van der Waals surface area contributed by atoms with Crippen LogP contribution in [0.4, 0.5) is 0 Å². The molecular weight excluding hydrogens is 188 g/mol. The fourth-order valence-electron chi connectivity index (χ4n) is 0.511. The highest BCUT2D eigenvalue weighted by atomic mass is 32.1. The zero-order valence-electron chi connectivity index (χ0n) is 6.38. The van der Waals surface area contributed by atoms with Gasteiger partial charge in [0.05, 0.1) is 5.51 Å². The van der Waals surface area contributed by atoms with E-state index in [0.717, 1.165) is 5.01 Å². The Morgan fingerprint density at radius 2 is 2.25 bits per heavy atom. The summed E-state index contributed by atoms with van der Waals surface area (Å²) in [6.07, 6.45) is 5.27. The van der Waals surface area contributed by atoms with Gasteiger partial charge in [0.15, 0.2) is 0 Å². The molecule has 2 nitrogen and oxygen atoms in total. The normalized spacial score (nSPS) is 8.33. The van der Waals surface area contributed by atoms with Gasteiger partial charge in [-0.25, -0.2) is 4.98 Å². The van der Waals surface area contributed by atoms with Crippen molar-refractivity contribution in [2.75, 3.05) is 0 Å². The van der Waals surface area contributed by atoms with Crippen molar-refractivity contribution in [3.63, 3.8) is 0 Å². The number of hydrogen-bond acceptors (Lipinski definition) is 4. The lowest BCUT2D eigenvalue weighted by Gasteiger charge is -1.70. The van der Waals surface area contributed by atoms with Crippen LogP contribution in [0, 0.1) is 0 Å². The Balaban J connectivity index is 0.000000127. The van der Waals surface area contributed by atoms with Crippen LogP contribution < -0.4 is 0 Å². The van der Waals surface area contributed by atoms with E-state index in [0.29, 0.717) is 0 Å². The molecule has 0 aliphatic carbocycles. The van der Waals surface area contributed by atoms with E-state index in [4.69, 9.17) is 0 Å². The van der Waals surface area contributed by atoms with Crippen LogP contribution in [0.5, 0.6) is 0 Å². The van der Waals surface area contributed by atoms with Gasteiger partial charge in [-0.3, -0.25) is 4.98 Å². The molecule has 0 spiro atoms. The summed E-state index contributed by atoms with van der Waals surface area (Å²) in [5.41, 5.74) is 1.79. The highest BCUT2D eigenvalue weighted by molar-refractivity contribution is 7.10. The van der Waals surface area contributed by atoms with Crippen molar-refractivity contribution in [3.8, 4) is 0 Å². The predicted octanol–water partition coefficient (Wildman–Crippen LogP) is 2.93. The topological polar surface area (TPSA) is 25.8 Å². The standard InChI is InChI=1S/C5H5NS.C3H3NS/c1-2-5-6-3-4-7-5;1-2-5-3-4-1/h2-4H,1H2;1-3H. The Morgan fingerprint density at radius 1 is 1.33 bits per heavy atom. The van der Waals surface area contributed by atoms with Crippen LogP contribution in [0.1, 0.15) is 5.01 Å². The molecular formula is C8H8N2S2. The van der Waals surface area contributed by atoms with E-state index in [2.05, 4.69) is 16.5 Å². The van der Waals surface area contributed by atoms with Crippen molar-refractivity contribution in [1.82, 2.24) is 9.97 Å². The Morgan fingerprint density at radius 3 is 2.50 bits per heavy atom. The molecule has 0 unspecified atom stereocenters. The lowest BCUT2D eigenvalue weighted by Crippen LogP contribution is -1.58. The Bertz CT molecular complexity index is 269. The van der Waals surface area contributed by atoms with E-state index in [1.54, 1.807) is 46.7 Å². The third-order valence-corrected chi connectivity index (χ3v) is 2.27. The molecule has 62 valence electrons. The van der Waals surface area contributed by atoms with Gasteiger partial charge in [-0.2, -0.15) is 0 Å². The van der Waals surface area contributed by atoms with E-state index in [9.17, 15) is 0 Å². The highest BCUT2D eigenvalue weighted by Gasteiger charge is 1.80. The van der Waals surface area contributed by atoms with Crippen molar-refractivity contribution in [3.05, 3.63) is 40.3 Å². The lowest BCUT2D eigenvalue weighted by molar-refractivity contribution is 1.40. The Hall–Kier alpha value is -1.00. The summed E-state index contributed by atoms with van der Waals surface area (Å²) in [7, 11) is 0. The van der Waals surface area contributed by atoms with E-state index >= 15 is 0 Å². The first-order valence-electron chi connectivity index (χ1n) is 3.27. The molecule has 0 amide bonds. The van der Waals surface area contributed by atoms with Crippen molar-refractivity contribution >= 4 is 28.7 Å². The first kappa shape index (κ1) is 9.09. The maximum absolute atomic E-state index is 3.94. The van der Waals surface area contributed by atoms with E-state index in [-0.39, 0.29) is 0 Å². The van der Waals surface area contributed by atoms with Crippen LogP contribution in [0.3, 0.4) is 0 Å². The number of nitrogens with zero attached hydrogens (tertiary/aromatic N) is 2. The van der Waals surface area contributed by atoms with Crippen molar-refractivity contribution in [2.45, 2.75) is 0 Å². The molecule has 2 aromatic heterocycles. The minimum absolute atomic E-state index is 0.986. The van der Waals surface area contributed by atoms with E-state index in [1.807, 2.05) is 10.8 Å². The van der Waals surface area contributed by atoms with Crippen LogP contribution in [-0.4, -0.2) is 9.97 Å². The summed E-state index contributed by atoms with van der Waals surface area (Å²) in [6, 6.07) is 0. The molecule has 2 heterocycles. The third-order valence-electron chi connectivity index (χ3n) is 0.973. The maximum Gasteiger partial charge on any atom is 0.115 e. The molecule has 2 aromatic rings. The molecule has 0 saturated heterocycles. The summed E-state index contributed by atoms with van der Waals surface area (Å²) in [4.78, 5) is 7.68. The molecule has 12 heavy (non-hydrogen) atoms. The number of thiazole rings is 2. The molecule has 0 aliphatic rings. The van der Waals surface area contributed by atoms with Gasteiger partial charge in [0.1, 0.15) is 5.01 Å². The predicted molar refractivity (Wildman–Crippen MR) is 54.3 cm³/mol. The Labute approximate surface area is 79.3 Å². The van der Waals surface area contributed by atoms with Crippen LogP contribution in [-0.2, 0) is 0 Å². The second-order valence-electron chi connectivity index (χ2n) is 1.75. The van der Waals surface area contributed by atoms with Crippen LogP contribution >= 0.6 is 22.7 Å². The second-order valence-corrected chi connectivity index (χ2v) is 3.43. The molecule has 0 N–H and O–H groups in total. The SMILES string of the molecule is C=Cc1nccs1.c1cscn1. The molecule has 0 aromatic carbocycles. The minimum atomic E-state index is 0.986. The molecule has 0 aliphatic heterocycles. The molecule has 0 bridgehead atoms. The lowest BCUT2D eigenvalue weighted by atomic mass is 10.7. The van der Waals surface area contributed by atoms with E-state index < -0.39 is 0 Å². The number of hydrogen-bond donors (Lipinski definition) is 0. The van der Waals surface area contributed by atoms with Crippen LogP contribution in [0.2, 0.25) is 0 Å². The zero-order valence-corrected chi connectivity index (χ0v) is 8.02. The molecule has 0 saturated carbocycles. The van der Waals surface area contributed by atoms with Gasteiger partial charge >= 0.3 is 0 Å². The summed E-state index contributed by atoms with van der Waals surface area (Å²) in [5, 5.41) is 4.84. The molecule has 0 fully saturated rings. The van der Waals surface area contributed by atoms with Gasteiger partial charge in [-0.15, -0.1) is 22.7 Å². The summed E-state index contributed by atoms with van der Waals surface area (Å²) in [5.74, 6) is 0. The fraction of sp³-hybridized carbons (Fsp3) is 0. The quantitative estimate of drug-likeness (QED) is 0.701. The molecule has 2 rings (SSSR count). The first-order valence-corrected chi connectivity index (χ1v) is 5.10. The number of rotatable bonds is 1.